The molecule has 1 unspecified atom stereocenters. The van der Waals surface area contributed by atoms with E-state index < -0.39 is 0 Å². The third kappa shape index (κ3) is 3.00. The SMILES string of the molecule is Cc1nonc1COCC1CCCNC1. The molecule has 0 bridgehead atoms. The number of hydrogen-bond donors (Lipinski definition) is 1. The van der Waals surface area contributed by atoms with Crippen molar-refractivity contribution in [3.63, 3.8) is 0 Å². The molecule has 84 valence electrons. The Balaban J connectivity index is 1.68. The van der Waals surface area contributed by atoms with Crippen molar-refractivity contribution in [2.24, 2.45) is 5.92 Å². The lowest BCUT2D eigenvalue weighted by Crippen LogP contribution is -2.32. The van der Waals surface area contributed by atoms with Gasteiger partial charge in [0.1, 0.15) is 11.4 Å². The van der Waals surface area contributed by atoms with Crippen LogP contribution in [0.2, 0.25) is 0 Å². The molecule has 2 rings (SSSR count). The fourth-order valence-electron chi connectivity index (χ4n) is 1.77. The first-order valence-corrected chi connectivity index (χ1v) is 5.43. The van der Waals surface area contributed by atoms with Crippen LogP contribution in [0.15, 0.2) is 4.63 Å². The fourth-order valence-corrected chi connectivity index (χ4v) is 1.77. The topological polar surface area (TPSA) is 60.2 Å². The van der Waals surface area contributed by atoms with Crippen molar-refractivity contribution in [3.05, 3.63) is 11.4 Å². The van der Waals surface area contributed by atoms with Gasteiger partial charge in [-0.2, -0.15) is 0 Å². The number of hydrogen-bond acceptors (Lipinski definition) is 5. The highest BCUT2D eigenvalue weighted by molar-refractivity contribution is 5.02. The molecular weight excluding hydrogens is 194 g/mol. The molecule has 0 spiro atoms. The summed E-state index contributed by atoms with van der Waals surface area (Å²) in [5.41, 5.74) is 1.62. The molecule has 2 heterocycles. The molecule has 1 aromatic rings. The lowest BCUT2D eigenvalue weighted by atomic mass is 10.0. The van der Waals surface area contributed by atoms with Crippen LogP contribution in [0.3, 0.4) is 0 Å². The Morgan fingerprint density at radius 1 is 1.53 bits per heavy atom. The Kier molecular flexibility index (Phi) is 3.69. The normalized spacial score (nSPS) is 21.8. The molecule has 1 N–H and O–H groups in total. The van der Waals surface area contributed by atoms with Crippen LogP contribution in [-0.2, 0) is 11.3 Å². The lowest BCUT2D eigenvalue weighted by molar-refractivity contribution is 0.0743. The molecule has 0 saturated carbocycles. The smallest absolute Gasteiger partial charge is 0.133 e. The molecule has 5 heteroatoms. The summed E-state index contributed by atoms with van der Waals surface area (Å²) < 4.78 is 10.2. The minimum absolute atomic E-state index is 0.506. The second-order valence-corrected chi connectivity index (χ2v) is 4.02. The second kappa shape index (κ2) is 5.23. The summed E-state index contributed by atoms with van der Waals surface area (Å²) in [6.07, 6.45) is 2.50. The zero-order chi connectivity index (χ0) is 10.5. The van der Waals surface area contributed by atoms with Gasteiger partial charge in [0.05, 0.1) is 13.2 Å². The molecule has 15 heavy (non-hydrogen) atoms. The Bertz CT molecular complexity index is 295. The first kappa shape index (κ1) is 10.6. The maximum absolute atomic E-state index is 5.60. The van der Waals surface area contributed by atoms with E-state index in [-0.39, 0.29) is 0 Å². The highest BCUT2D eigenvalue weighted by Gasteiger charge is 2.13. The average molecular weight is 211 g/mol. The first-order chi connectivity index (χ1) is 7.36. The largest absolute Gasteiger partial charge is 0.375 e. The van der Waals surface area contributed by atoms with Gasteiger partial charge < -0.3 is 10.1 Å². The zero-order valence-corrected chi connectivity index (χ0v) is 9.03. The van der Waals surface area contributed by atoms with E-state index in [1.807, 2.05) is 6.92 Å². The van der Waals surface area contributed by atoms with Crippen molar-refractivity contribution in [2.75, 3.05) is 19.7 Å². The number of aryl methyl sites for hydroxylation is 1. The van der Waals surface area contributed by atoms with E-state index in [1.165, 1.54) is 12.8 Å². The molecule has 1 aromatic heterocycles. The third-order valence-corrected chi connectivity index (χ3v) is 2.74. The van der Waals surface area contributed by atoms with E-state index in [4.69, 9.17) is 4.74 Å². The molecule has 0 amide bonds. The minimum atomic E-state index is 0.506. The summed E-state index contributed by atoms with van der Waals surface area (Å²) >= 11 is 0. The highest BCUT2D eigenvalue weighted by atomic mass is 16.6. The number of aromatic nitrogens is 2. The Morgan fingerprint density at radius 3 is 3.13 bits per heavy atom. The maximum Gasteiger partial charge on any atom is 0.133 e. The van der Waals surface area contributed by atoms with Crippen molar-refractivity contribution in [3.8, 4) is 0 Å². The molecule has 1 aliphatic heterocycles. The quantitative estimate of drug-likeness (QED) is 0.801. The second-order valence-electron chi connectivity index (χ2n) is 4.02. The zero-order valence-electron chi connectivity index (χ0n) is 9.03. The molecule has 1 fully saturated rings. The van der Waals surface area contributed by atoms with Crippen molar-refractivity contribution in [1.29, 1.82) is 0 Å². The van der Waals surface area contributed by atoms with Gasteiger partial charge in [0.15, 0.2) is 0 Å². The first-order valence-electron chi connectivity index (χ1n) is 5.43. The molecule has 1 saturated heterocycles. The molecule has 5 nitrogen and oxygen atoms in total. The summed E-state index contributed by atoms with van der Waals surface area (Å²) in [6, 6.07) is 0. The van der Waals surface area contributed by atoms with Gasteiger partial charge in [-0.15, -0.1) is 0 Å². The minimum Gasteiger partial charge on any atom is -0.375 e. The summed E-state index contributed by atoms with van der Waals surface area (Å²) in [6.45, 7) is 5.38. The van der Waals surface area contributed by atoms with Crippen LogP contribution in [0.25, 0.3) is 0 Å². The van der Waals surface area contributed by atoms with Crippen LogP contribution in [-0.4, -0.2) is 30.0 Å². The third-order valence-electron chi connectivity index (χ3n) is 2.74. The number of ether oxygens (including phenoxy) is 1. The fraction of sp³-hybridized carbons (Fsp3) is 0.800. The lowest BCUT2D eigenvalue weighted by Gasteiger charge is -2.22. The van der Waals surface area contributed by atoms with E-state index in [1.54, 1.807) is 0 Å². The number of nitrogens with zero attached hydrogens (tertiary/aromatic N) is 2. The van der Waals surface area contributed by atoms with Gasteiger partial charge in [-0.3, -0.25) is 0 Å². The predicted octanol–water partition coefficient (Wildman–Crippen LogP) is 0.894. The van der Waals surface area contributed by atoms with E-state index in [0.29, 0.717) is 12.5 Å². The molecule has 1 atom stereocenters. The molecular formula is C10H17N3O2. The van der Waals surface area contributed by atoms with Gasteiger partial charge in [0, 0.05) is 6.54 Å². The average Bonchev–Trinajstić information content (AvgIpc) is 2.66. The van der Waals surface area contributed by atoms with E-state index in [0.717, 1.165) is 31.1 Å². The summed E-state index contributed by atoms with van der Waals surface area (Å²) in [7, 11) is 0. The van der Waals surface area contributed by atoms with Crippen molar-refractivity contribution >= 4 is 0 Å². The standard InChI is InChI=1S/C10H17N3O2/c1-8-10(13-15-12-8)7-14-6-9-3-2-4-11-5-9/h9,11H,2-7H2,1H3. The van der Waals surface area contributed by atoms with Crippen LogP contribution < -0.4 is 5.32 Å². The van der Waals surface area contributed by atoms with Crippen LogP contribution in [0, 0.1) is 12.8 Å². The van der Waals surface area contributed by atoms with E-state index >= 15 is 0 Å². The summed E-state index contributed by atoms with van der Waals surface area (Å²) in [4.78, 5) is 0. The van der Waals surface area contributed by atoms with Gasteiger partial charge in [-0.1, -0.05) is 10.3 Å². The van der Waals surface area contributed by atoms with Crippen LogP contribution in [0.1, 0.15) is 24.2 Å². The van der Waals surface area contributed by atoms with Crippen molar-refractivity contribution in [2.45, 2.75) is 26.4 Å². The van der Waals surface area contributed by atoms with Crippen molar-refractivity contribution in [1.82, 2.24) is 15.6 Å². The van der Waals surface area contributed by atoms with Gasteiger partial charge in [0.25, 0.3) is 0 Å². The molecule has 1 aliphatic rings. The highest BCUT2D eigenvalue weighted by Crippen LogP contribution is 2.11. The number of nitrogens with one attached hydrogen (secondary N) is 1. The molecule has 0 aromatic carbocycles. The maximum atomic E-state index is 5.60. The van der Waals surface area contributed by atoms with Gasteiger partial charge >= 0.3 is 0 Å². The van der Waals surface area contributed by atoms with Gasteiger partial charge in [-0.25, -0.2) is 4.63 Å². The molecule has 0 radical (unpaired) electrons. The Hall–Kier alpha value is -0.940. The summed E-state index contributed by atoms with van der Waals surface area (Å²) in [5.74, 6) is 0.638. The van der Waals surface area contributed by atoms with Crippen LogP contribution >= 0.6 is 0 Å². The molecule has 0 aliphatic carbocycles. The van der Waals surface area contributed by atoms with Gasteiger partial charge in [-0.05, 0) is 32.2 Å². The summed E-state index contributed by atoms with van der Waals surface area (Å²) in [5, 5.41) is 10.8. The van der Waals surface area contributed by atoms with E-state index in [2.05, 4.69) is 20.3 Å². The van der Waals surface area contributed by atoms with Crippen LogP contribution in [0.5, 0.6) is 0 Å². The number of piperidine rings is 1. The van der Waals surface area contributed by atoms with Crippen molar-refractivity contribution < 1.29 is 9.37 Å². The number of rotatable bonds is 4. The monoisotopic (exact) mass is 211 g/mol. The van der Waals surface area contributed by atoms with E-state index in [9.17, 15) is 0 Å². The Labute approximate surface area is 89.1 Å². The predicted molar refractivity (Wildman–Crippen MR) is 54.3 cm³/mol. The Morgan fingerprint density at radius 2 is 2.47 bits per heavy atom. The van der Waals surface area contributed by atoms with Crippen LogP contribution in [0.4, 0.5) is 0 Å². The van der Waals surface area contributed by atoms with Gasteiger partial charge in [0.2, 0.25) is 0 Å².